The molecule has 0 fully saturated rings. The number of aromatic nitrogens is 2. The third-order valence-electron chi connectivity index (χ3n) is 3.44. The first-order chi connectivity index (χ1) is 12.8. The van der Waals surface area contributed by atoms with Crippen LogP contribution in [-0.4, -0.2) is 16.9 Å². The van der Waals surface area contributed by atoms with Crippen LogP contribution in [0.4, 0.5) is 18.9 Å². The van der Waals surface area contributed by atoms with Crippen molar-refractivity contribution < 1.29 is 27.2 Å². The molecule has 2 aromatic carbocycles. The van der Waals surface area contributed by atoms with E-state index in [4.69, 9.17) is 4.52 Å². The number of aromatic amines is 1. The molecule has 0 aliphatic carbocycles. The molecule has 1 amide bonds. The van der Waals surface area contributed by atoms with Crippen LogP contribution in [0.1, 0.15) is 5.56 Å². The molecular formula is C17H13F3N3O3S+. The van der Waals surface area contributed by atoms with Gasteiger partial charge < -0.3 is 5.32 Å². The van der Waals surface area contributed by atoms with Crippen LogP contribution >= 0.6 is 11.8 Å². The summed E-state index contributed by atoms with van der Waals surface area (Å²) in [6, 6.07) is 13.1. The van der Waals surface area contributed by atoms with E-state index >= 15 is 0 Å². The Bertz CT molecular complexity index is 1000. The Morgan fingerprint density at radius 2 is 1.89 bits per heavy atom. The van der Waals surface area contributed by atoms with E-state index in [-0.39, 0.29) is 16.5 Å². The maximum atomic E-state index is 12.7. The number of amides is 1. The van der Waals surface area contributed by atoms with Crippen molar-refractivity contribution in [3.8, 4) is 5.69 Å². The summed E-state index contributed by atoms with van der Waals surface area (Å²) in [5, 5.41) is 4.96. The lowest BCUT2D eigenvalue weighted by atomic mass is 10.2. The Hall–Kier alpha value is -3.01. The maximum absolute atomic E-state index is 12.7. The number of rotatable bonds is 5. The van der Waals surface area contributed by atoms with Crippen molar-refractivity contribution in [1.82, 2.24) is 5.27 Å². The highest BCUT2D eigenvalue weighted by Crippen LogP contribution is 2.30. The lowest BCUT2D eigenvalue weighted by molar-refractivity contribution is -0.704. The first-order valence-corrected chi connectivity index (χ1v) is 8.62. The number of benzene rings is 2. The maximum Gasteiger partial charge on any atom is 0.442 e. The van der Waals surface area contributed by atoms with Crippen LogP contribution in [0.5, 0.6) is 0 Å². The lowest BCUT2D eigenvalue weighted by Gasteiger charge is -2.09. The van der Waals surface area contributed by atoms with Gasteiger partial charge in [0.25, 0.3) is 0 Å². The third kappa shape index (κ3) is 4.59. The van der Waals surface area contributed by atoms with Crippen LogP contribution in [0, 0.1) is 0 Å². The number of halogens is 3. The number of hydrogen-bond donors (Lipinski definition) is 2. The molecule has 2 N–H and O–H groups in total. The highest BCUT2D eigenvalue weighted by molar-refractivity contribution is 7.99. The van der Waals surface area contributed by atoms with Gasteiger partial charge in [-0.05, 0) is 39.9 Å². The Balaban J connectivity index is 1.69. The summed E-state index contributed by atoms with van der Waals surface area (Å²) >= 11 is 0.903. The fourth-order valence-electron chi connectivity index (χ4n) is 2.24. The zero-order valence-electron chi connectivity index (χ0n) is 13.6. The molecule has 0 aliphatic heterocycles. The van der Waals surface area contributed by atoms with Gasteiger partial charge in [-0.15, -0.1) is 0 Å². The number of thioether (sulfide) groups is 1. The lowest BCUT2D eigenvalue weighted by Crippen LogP contribution is -2.36. The Labute approximate surface area is 154 Å². The number of H-pyrrole nitrogens is 1. The number of para-hydroxylation sites is 1. The zero-order chi connectivity index (χ0) is 19.4. The number of hydrogen-bond acceptors (Lipinski definition) is 4. The largest absolute Gasteiger partial charge is 0.442 e. The summed E-state index contributed by atoms with van der Waals surface area (Å²) in [5.74, 6) is -0.745. The van der Waals surface area contributed by atoms with Gasteiger partial charge in [-0.1, -0.05) is 24.3 Å². The van der Waals surface area contributed by atoms with Crippen LogP contribution < -0.4 is 15.6 Å². The van der Waals surface area contributed by atoms with Gasteiger partial charge in [0.1, 0.15) is 0 Å². The summed E-state index contributed by atoms with van der Waals surface area (Å²) in [5.41, 5.74) is -0.867. The monoisotopic (exact) mass is 396 g/mol. The summed E-state index contributed by atoms with van der Waals surface area (Å²) in [7, 11) is 0. The second-order valence-corrected chi connectivity index (χ2v) is 6.34. The molecule has 0 saturated heterocycles. The first kappa shape index (κ1) is 18.8. The zero-order valence-corrected chi connectivity index (χ0v) is 14.4. The Morgan fingerprint density at radius 3 is 2.59 bits per heavy atom. The smallest absolute Gasteiger partial charge is 0.325 e. The number of carbonyl (C=O) groups is 1. The van der Waals surface area contributed by atoms with E-state index in [1.165, 1.54) is 16.8 Å². The Morgan fingerprint density at radius 1 is 1.15 bits per heavy atom. The minimum absolute atomic E-state index is 0.0208. The molecule has 6 nitrogen and oxygen atoms in total. The quantitative estimate of drug-likeness (QED) is 0.513. The van der Waals surface area contributed by atoms with Crippen molar-refractivity contribution in [3.63, 3.8) is 0 Å². The topological polar surface area (TPSA) is 79.0 Å². The average molecular weight is 396 g/mol. The van der Waals surface area contributed by atoms with Crippen molar-refractivity contribution in [2.45, 2.75) is 11.2 Å². The van der Waals surface area contributed by atoms with E-state index in [2.05, 4.69) is 10.6 Å². The highest BCUT2D eigenvalue weighted by Gasteiger charge is 2.30. The second kappa shape index (κ2) is 7.70. The van der Waals surface area contributed by atoms with Crippen molar-refractivity contribution >= 4 is 23.4 Å². The van der Waals surface area contributed by atoms with Gasteiger partial charge in [-0.3, -0.25) is 9.32 Å². The molecule has 0 unspecified atom stereocenters. The second-order valence-electron chi connectivity index (χ2n) is 5.37. The normalized spacial score (nSPS) is 11.4. The SMILES string of the molecule is O=C(CSc1c(=O)o[nH][n+]1-c1ccccc1)Nc1cccc(C(F)(F)F)c1. The summed E-state index contributed by atoms with van der Waals surface area (Å²) in [6.07, 6.45) is -4.50. The summed E-state index contributed by atoms with van der Waals surface area (Å²) in [4.78, 5) is 23.9. The molecule has 140 valence electrons. The average Bonchev–Trinajstić information content (AvgIpc) is 3.01. The standard InChI is InChI=1S/C17H12F3N3O3S/c18-17(19,20)11-5-4-6-12(9-11)21-14(24)10-27-15-16(25)26-22-23(15)13-7-2-1-3-8-13/h1-9H,10H2,(H-,21,22,24,25)/p+1. The molecule has 0 bridgehead atoms. The number of carbonyl (C=O) groups excluding carboxylic acids is 1. The predicted molar refractivity (Wildman–Crippen MR) is 91.7 cm³/mol. The molecule has 0 saturated carbocycles. The molecule has 0 spiro atoms. The predicted octanol–water partition coefficient (Wildman–Crippen LogP) is 2.99. The van der Waals surface area contributed by atoms with E-state index in [0.29, 0.717) is 5.69 Å². The first-order valence-electron chi connectivity index (χ1n) is 7.63. The van der Waals surface area contributed by atoms with Crippen molar-refractivity contribution in [1.29, 1.82) is 0 Å². The molecule has 27 heavy (non-hydrogen) atoms. The fourth-order valence-corrected chi connectivity index (χ4v) is 3.01. The van der Waals surface area contributed by atoms with Crippen LogP contribution in [0.15, 0.2) is 68.9 Å². The number of nitrogens with one attached hydrogen (secondary N) is 2. The van der Waals surface area contributed by atoms with Gasteiger partial charge in [0.2, 0.25) is 11.6 Å². The molecule has 0 aliphatic rings. The van der Waals surface area contributed by atoms with E-state index in [0.717, 1.165) is 23.9 Å². The van der Waals surface area contributed by atoms with Crippen molar-refractivity contribution in [3.05, 3.63) is 70.6 Å². The number of nitrogens with zero attached hydrogens (tertiary/aromatic N) is 1. The number of anilines is 1. The highest BCUT2D eigenvalue weighted by atomic mass is 32.2. The molecule has 1 heterocycles. The molecule has 10 heteroatoms. The van der Waals surface area contributed by atoms with Crippen LogP contribution in [-0.2, 0) is 11.0 Å². The molecular weight excluding hydrogens is 383 g/mol. The van der Waals surface area contributed by atoms with Crippen molar-refractivity contribution in [2.75, 3.05) is 11.1 Å². The van der Waals surface area contributed by atoms with E-state index in [1.807, 2.05) is 0 Å². The Kier molecular flexibility index (Phi) is 5.36. The van der Waals surface area contributed by atoms with Crippen LogP contribution in [0.3, 0.4) is 0 Å². The van der Waals surface area contributed by atoms with Gasteiger partial charge in [-0.2, -0.15) is 13.2 Å². The van der Waals surface area contributed by atoms with E-state index in [1.54, 1.807) is 30.3 Å². The molecule has 0 atom stereocenters. The minimum atomic E-state index is -4.50. The van der Waals surface area contributed by atoms with Gasteiger partial charge in [0, 0.05) is 17.8 Å². The van der Waals surface area contributed by atoms with E-state index in [9.17, 15) is 22.8 Å². The van der Waals surface area contributed by atoms with Gasteiger partial charge in [0.05, 0.1) is 11.3 Å². The molecule has 1 aromatic heterocycles. The van der Waals surface area contributed by atoms with Crippen molar-refractivity contribution in [2.24, 2.45) is 0 Å². The van der Waals surface area contributed by atoms with Gasteiger partial charge in [-0.25, -0.2) is 4.79 Å². The van der Waals surface area contributed by atoms with Gasteiger partial charge in [0.15, 0.2) is 0 Å². The van der Waals surface area contributed by atoms with E-state index < -0.39 is 23.3 Å². The molecule has 0 radical (unpaired) electrons. The number of alkyl halides is 3. The fraction of sp³-hybridized carbons (Fsp3) is 0.118. The van der Waals surface area contributed by atoms with Crippen LogP contribution in [0.25, 0.3) is 5.69 Å². The third-order valence-corrected chi connectivity index (χ3v) is 4.46. The molecule has 3 rings (SSSR count). The van der Waals surface area contributed by atoms with Crippen LogP contribution in [0.2, 0.25) is 0 Å². The summed E-state index contributed by atoms with van der Waals surface area (Å²) in [6.45, 7) is 0. The van der Waals surface area contributed by atoms with Gasteiger partial charge >= 0.3 is 16.8 Å². The summed E-state index contributed by atoms with van der Waals surface area (Å²) < 4.78 is 44.3. The molecule has 3 aromatic rings. The minimum Gasteiger partial charge on any atom is -0.325 e.